The van der Waals surface area contributed by atoms with Crippen LogP contribution in [0.3, 0.4) is 0 Å². The van der Waals surface area contributed by atoms with Crippen molar-refractivity contribution in [2.75, 3.05) is 0 Å². The van der Waals surface area contributed by atoms with Crippen LogP contribution in [0.2, 0.25) is 0 Å². The van der Waals surface area contributed by atoms with E-state index in [1.807, 2.05) is 6.07 Å². The molecule has 1 fully saturated rings. The van der Waals surface area contributed by atoms with E-state index in [1.54, 1.807) is 18.2 Å². The zero-order valence-electron chi connectivity index (χ0n) is 16.1. The van der Waals surface area contributed by atoms with E-state index in [9.17, 15) is 8.78 Å². The molecular weight excluding hydrogens is 350 g/mol. The van der Waals surface area contributed by atoms with Gasteiger partial charge in [-0.2, -0.15) is 0 Å². The first-order chi connectivity index (χ1) is 13.6. The van der Waals surface area contributed by atoms with Crippen LogP contribution in [0.4, 0.5) is 8.78 Å². The molecule has 3 aromatic carbocycles. The van der Waals surface area contributed by atoms with Gasteiger partial charge in [0.25, 0.3) is 0 Å². The summed E-state index contributed by atoms with van der Waals surface area (Å²) in [5.41, 5.74) is 3.70. The first-order valence-electron chi connectivity index (χ1n) is 10.1. The molecule has 2 heteroatoms. The lowest BCUT2D eigenvalue weighted by molar-refractivity contribution is 0.384. The highest BCUT2D eigenvalue weighted by Crippen LogP contribution is 2.35. The molecular formula is C26H24F2. The minimum Gasteiger partial charge on any atom is -0.204 e. The van der Waals surface area contributed by atoms with Crippen LogP contribution in [0.1, 0.15) is 55.2 Å². The highest BCUT2D eigenvalue weighted by Gasteiger charge is 2.21. The molecule has 0 heterocycles. The molecule has 3 aromatic rings. The minimum atomic E-state index is -0.813. The Kier molecular flexibility index (Phi) is 5.44. The van der Waals surface area contributed by atoms with Crippen LogP contribution >= 0.6 is 0 Å². The average Bonchev–Trinajstić information content (AvgIpc) is 2.75. The Bertz CT molecular complexity index is 1030. The summed E-state index contributed by atoms with van der Waals surface area (Å²) in [7, 11) is 0. The van der Waals surface area contributed by atoms with Gasteiger partial charge in [-0.05, 0) is 72.7 Å². The van der Waals surface area contributed by atoms with E-state index in [0.29, 0.717) is 22.6 Å². The first-order valence-corrected chi connectivity index (χ1v) is 10.1. The summed E-state index contributed by atoms with van der Waals surface area (Å²) < 4.78 is 27.1. The van der Waals surface area contributed by atoms with Gasteiger partial charge in [-0.15, -0.1) is 0 Å². The van der Waals surface area contributed by atoms with Crippen molar-refractivity contribution >= 4 is 10.8 Å². The fourth-order valence-electron chi connectivity index (χ4n) is 4.13. The Morgan fingerprint density at radius 2 is 1.64 bits per heavy atom. The molecule has 0 amide bonds. The second kappa shape index (κ2) is 8.15. The molecule has 1 aliphatic rings. The van der Waals surface area contributed by atoms with Crippen molar-refractivity contribution in [2.45, 2.75) is 44.9 Å². The third-order valence-corrected chi connectivity index (χ3v) is 5.91. The van der Waals surface area contributed by atoms with E-state index in [4.69, 9.17) is 0 Å². The van der Waals surface area contributed by atoms with Gasteiger partial charge in [0, 0.05) is 16.9 Å². The van der Waals surface area contributed by atoms with E-state index in [0.717, 1.165) is 24.8 Å². The van der Waals surface area contributed by atoms with Gasteiger partial charge in [0.15, 0.2) is 11.6 Å². The van der Waals surface area contributed by atoms with Gasteiger partial charge < -0.3 is 0 Å². The second-order valence-electron chi connectivity index (χ2n) is 7.71. The van der Waals surface area contributed by atoms with Crippen LogP contribution in [-0.2, 0) is 6.42 Å². The third kappa shape index (κ3) is 3.94. The lowest BCUT2D eigenvalue weighted by atomic mass is 9.79. The molecule has 0 N–H and O–H groups in total. The number of hydrogen-bond acceptors (Lipinski definition) is 0. The lowest BCUT2D eigenvalue weighted by Gasteiger charge is -2.26. The predicted molar refractivity (Wildman–Crippen MR) is 111 cm³/mol. The number of rotatable bonds is 2. The molecule has 4 rings (SSSR count). The summed E-state index contributed by atoms with van der Waals surface area (Å²) in [6, 6.07) is 17.1. The Morgan fingerprint density at radius 3 is 2.36 bits per heavy atom. The lowest BCUT2D eigenvalue weighted by Crippen LogP contribution is -2.12. The Labute approximate surface area is 165 Å². The summed E-state index contributed by atoms with van der Waals surface area (Å²) in [4.78, 5) is 0. The molecule has 0 bridgehead atoms. The largest absolute Gasteiger partial charge is 0.204 e. The van der Waals surface area contributed by atoms with Crippen molar-refractivity contribution in [1.29, 1.82) is 0 Å². The zero-order valence-corrected chi connectivity index (χ0v) is 16.1. The Balaban J connectivity index is 1.42. The summed E-state index contributed by atoms with van der Waals surface area (Å²) in [5, 5.41) is 0.991. The van der Waals surface area contributed by atoms with Crippen LogP contribution in [0.15, 0.2) is 54.6 Å². The highest BCUT2D eigenvalue weighted by molar-refractivity contribution is 5.84. The first kappa shape index (κ1) is 18.7. The van der Waals surface area contributed by atoms with Gasteiger partial charge in [0.05, 0.1) is 0 Å². The maximum absolute atomic E-state index is 13.8. The maximum Gasteiger partial charge on any atom is 0.166 e. The molecule has 0 aliphatic heterocycles. The number of aryl methyl sites for hydroxylation is 1. The van der Waals surface area contributed by atoms with Crippen LogP contribution in [0.5, 0.6) is 0 Å². The Morgan fingerprint density at radius 1 is 0.893 bits per heavy atom. The number of fused-ring (bicyclic) bond motifs is 1. The molecule has 0 atom stereocenters. The van der Waals surface area contributed by atoms with E-state index in [-0.39, 0.29) is 0 Å². The molecule has 0 aromatic heterocycles. The van der Waals surface area contributed by atoms with Crippen LogP contribution in [-0.4, -0.2) is 0 Å². The molecule has 0 saturated heterocycles. The van der Waals surface area contributed by atoms with Crippen molar-refractivity contribution in [2.24, 2.45) is 5.92 Å². The minimum absolute atomic E-state index is 0.306. The van der Waals surface area contributed by atoms with Gasteiger partial charge >= 0.3 is 0 Å². The average molecular weight is 374 g/mol. The number of halogens is 2. The van der Waals surface area contributed by atoms with Crippen molar-refractivity contribution in [3.05, 3.63) is 82.9 Å². The molecule has 1 aliphatic carbocycles. The van der Waals surface area contributed by atoms with Gasteiger partial charge in [-0.25, -0.2) is 8.78 Å². The monoisotopic (exact) mass is 374 g/mol. The van der Waals surface area contributed by atoms with E-state index in [2.05, 4.69) is 43.0 Å². The van der Waals surface area contributed by atoms with Gasteiger partial charge in [-0.1, -0.05) is 55.2 Å². The van der Waals surface area contributed by atoms with Crippen molar-refractivity contribution < 1.29 is 8.78 Å². The fraction of sp³-hybridized carbons (Fsp3) is 0.308. The molecule has 0 radical (unpaired) electrons. The zero-order chi connectivity index (χ0) is 19.5. The fourth-order valence-corrected chi connectivity index (χ4v) is 4.13. The quantitative estimate of drug-likeness (QED) is 0.423. The van der Waals surface area contributed by atoms with Gasteiger partial charge in [-0.3, -0.25) is 0 Å². The summed E-state index contributed by atoms with van der Waals surface area (Å²) in [5.74, 6) is 6.09. The Hall–Kier alpha value is -2.66. The van der Waals surface area contributed by atoms with Crippen LogP contribution < -0.4 is 0 Å². The van der Waals surface area contributed by atoms with Crippen LogP contribution in [0.25, 0.3) is 10.8 Å². The SMILES string of the molecule is CCc1ccc(C2CCC(C#Cc3ccc4c(F)c(F)ccc4c3)CC2)cc1. The summed E-state index contributed by atoms with van der Waals surface area (Å²) in [6.07, 6.45) is 5.65. The number of benzene rings is 3. The topological polar surface area (TPSA) is 0 Å². The predicted octanol–water partition coefficient (Wildman–Crippen LogP) is 7.01. The van der Waals surface area contributed by atoms with Gasteiger partial charge in [0.1, 0.15) is 0 Å². The van der Waals surface area contributed by atoms with Crippen molar-refractivity contribution in [1.82, 2.24) is 0 Å². The van der Waals surface area contributed by atoms with Crippen molar-refractivity contribution in [3.8, 4) is 11.8 Å². The third-order valence-electron chi connectivity index (χ3n) is 5.91. The molecule has 0 unspecified atom stereocenters. The van der Waals surface area contributed by atoms with Gasteiger partial charge in [0.2, 0.25) is 0 Å². The maximum atomic E-state index is 13.8. The van der Waals surface area contributed by atoms with Crippen molar-refractivity contribution in [3.63, 3.8) is 0 Å². The smallest absolute Gasteiger partial charge is 0.166 e. The summed E-state index contributed by atoms with van der Waals surface area (Å²) in [6.45, 7) is 2.18. The molecule has 0 spiro atoms. The molecule has 1 saturated carbocycles. The van der Waals surface area contributed by atoms with Crippen LogP contribution in [0, 0.1) is 29.4 Å². The van der Waals surface area contributed by atoms with E-state index < -0.39 is 11.6 Å². The van der Waals surface area contributed by atoms with E-state index >= 15 is 0 Å². The molecule has 28 heavy (non-hydrogen) atoms. The molecule has 142 valence electrons. The second-order valence-corrected chi connectivity index (χ2v) is 7.71. The standard InChI is InChI=1S/C26H24F2/c1-2-18-5-10-21(11-6-18)22-12-7-19(8-13-22)3-4-20-9-15-24-23(17-20)14-16-25(27)26(24)28/h5-6,9-11,14-17,19,22H,2,7-8,12-13H2,1H3. The highest BCUT2D eigenvalue weighted by atomic mass is 19.2. The normalized spacial score (nSPS) is 19.2. The molecule has 0 nitrogen and oxygen atoms in total. The summed E-state index contributed by atoms with van der Waals surface area (Å²) >= 11 is 0. The van der Waals surface area contributed by atoms with E-state index in [1.165, 1.54) is 30.0 Å². The number of hydrogen-bond donors (Lipinski definition) is 0.